The molecule has 1 aromatic heterocycles. The van der Waals surface area contributed by atoms with Crippen molar-refractivity contribution in [1.29, 1.82) is 0 Å². The molecule has 0 bridgehead atoms. The predicted molar refractivity (Wildman–Crippen MR) is 60.1 cm³/mol. The van der Waals surface area contributed by atoms with Crippen LogP contribution in [0.25, 0.3) is 0 Å². The molecular formula is C8H12ClNO2S2. The summed E-state index contributed by atoms with van der Waals surface area (Å²) in [5.74, 6) is 0. The number of alkyl halides is 1. The molecule has 1 heterocycles. The number of sulfonamides is 1. The van der Waals surface area contributed by atoms with Gasteiger partial charge in [0.05, 0.1) is 6.04 Å². The molecule has 3 nitrogen and oxygen atoms in total. The molecule has 6 heteroatoms. The Balaban J connectivity index is 2.86. The molecule has 1 rings (SSSR count). The molecule has 0 aliphatic rings. The number of hydrogen-bond donors (Lipinski definition) is 0. The van der Waals surface area contributed by atoms with Gasteiger partial charge in [-0.2, -0.15) is 4.31 Å². The Morgan fingerprint density at radius 3 is 2.71 bits per heavy atom. The molecule has 1 unspecified atom stereocenters. The third kappa shape index (κ3) is 2.48. The van der Waals surface area contributed by atoms with Crippen molar-refractivity contribution in [1.82, 2.24) is 4.31 Å². The first-order chi connectivity index (χ1) is 6.49. The lowest BCUT2D eigenvalue weighted by Gasteiger charge is -2.21. The quantitative estimate of drug-likeness (QED) is 0.772. The van der Waals surface area contributed by atoms with Crippen LogP contribution in [0.3, 0.4) is 0 Å². The van der Waals surface area contributed by atoms with Gasteiger partial charge in [0, 0.05) is 11.9 Å². The summed E-state index contributed by atoms with van der Waals surface area (Å²) in [4.78, 5) is 1.01. The van der Waals surface area contributed by atoms with Gasteiger partial charge in [0.25, 0.3) is 0 Å². The highest BCUT2D eigenvalue weighted by atomic mass is 35.5. The Bertz CT molecular complexity index is 374. The van der Waals surface area contributed by atoms with Gasteiger partial charge >= 0.3 is 0 Å². The number of rotatable bonds is 4. The van der Waals surface area contributed by atoms with Crippen molar-refractivity contribution in [2.45, 2.75) is 13.0 Å². The Morgan fingerprint density at radius 1 is 1.64 bits per heavy atom. The molecule has 0 amide bonds. The fourth-order valence-corrected chi connectivity index (χ4v) is 3.13. The van der Waals surface area contributed by atoms with E-state index in [4.69, 9.17) is 11.6 Å². The maximum absolute atomic E-state index is 11.4. The first kappa shape index (κ1) is 12.0. The maximum atomic E-state index is 11.4. The summed E-state index contributed by atoms with van der Waals surface area (Å²) in [6.07, 6.45) is 0. The molecule has 0 radical (unpaired) electrons. The molecule has 14 heavy (non-hydrogen) atoms. The molecule has 0 aliphatic carbocycles. The van der Waals surface area contributed by atoms with Crippen LogP contribution in [0.2, 0.25) is 0 Å². The second kappa shape index (κ2) is 4.61. The lowest BCUT2D eigenvalue weighted by atomic mass is 10.3. The number of thiophene rings is 1. The van der Waals surface area contributed by atoms with Crippen molar-refractivity contribution in [3.05, 3.63) is 22.4 Å². The van der Waals surface area contributed by atoms with Crippen molar-refractivity contribution in [2.75, 3.05) is 12.3 Å². The molecule has 0 aromatic carbocycles. The van der Waals surface area contributed by atoms with Crippen molar-refractivity contribution in [2.24, 2.45) is 0 Å². The van der Waals surface area contributed by atoms with E-state index in [0.29, 0.717) is 0 Å². The summed E-state index contributed by atoms with van der Waals surface area (Å²) in [5.41, 5.74) is 0. The zero-order valence-electron chi connectivity index (χ0n) is 7.97. The summed E-state index contributed by atoms with van der Waals surface area (Å²) in [7, 11) is -1.77. The molecule has 80 valence electrons. The smallest absolute Gasteiger partial charge is 0.211 e. The third-order valence-corrected chi connectivity index (χ3v) is 5.42. The van der Waals surface area contributed by atoms with Crippen LogP contribution in [0.4, 0.5) is 0 Å². The van der Waals surface area contributed by atoms with Gasteiger partial charge in [-0.15, -0.1) is 22.9 Å². The van der Waals surface area contributed by atoms with Gasteiger partial charge < -0.3 is 0 Å². The molecule has 0 saturated carbocycles. The van der Waals surface area contributed by atoms with E-state index in [9.17, 15) is 8.42 Å². The summed E-state index contributed by atoms with van der Waals surface area (Å²) < 4.78 is 24.2. The van der Waals surface area contributed by atoms with Crippen molar-refractivity contribution in [3.8, 4) is 0 Å². The SMILES string of the molecule is CC(c1cccs1)N(C)S(=O)(=O)CCl. The number of hydrogen-bond acceptors (Lipinski definition) is 3. The molecule has 0 saturated heterocycles. The second-order valence-electron chi connectivity index (χ2n) is 2.93. The predicted octanol–water partition coefficient (Wildman–Crippen LogP) is 2.27. The maximum Gasteiger partial charge on any atom is 0.228 e. The lowest BCUT2D eigenvalue weighted by Crippen LogP contribution is -2.30. The van der Waals surface area contributed by atoms with Crippen LogP contribution in [0.1, 0.15) is 17.8 Å². The van der Waals surface area contributed by atoms with Gasteiger partial charge in [0.2, 0.25) is 10.0 Å². The summed E-state index contributed by atoms with van der Waals surface area (Å²) in [5, 5.41) is 1.55. The van der Waals surface area contributed by atoms with Gasteiger partial charge in [0.15, 0.2) is 0 Å². The monoisotopic (exact) mass is 253 g/mol. The third-order valence-electron chi connectivity index (χ3n) is 2.08. The molecule has 0 aliphatic heterocycles. The van der Waals surface area contributed by atoms with Gasteiger partial charge in [-0.1, -0.05) is 6.07 Å². The Morgan fingerprint density at radius 2 is 2.29 bits per heavy atom. The van der Waals surface area contributed by atoms with Crippen molar-refractivity contribution < 1.29 is 8.42 Å². The Hall–Kier alpha value is -0.100. The first-order valence-electron chi connectivity index (χ1n) is 4.04. The van der Waals surface area contributed by atoms with Gasteiger partial charge in [-0.25, -0.2) is 8.42 Å². The highest BCUT2D eigenvalue weighted by molar-refractivity contribution is 7.90. The van der Waals surface area contributed by atoms with Gasteiger partial charge in [0.1, 0.15) is 5.21 Å². The van der Waals surface area contributed by atoms with E-state index in [1.165, 1.54) is 15.6 Å². The van der Waals surface area contributed by atoms with Crippen LogP contribution in [-0.2, 0) is 10.0 Å². The van der Waals surface area contributed by atoms with Crippen molar-refractivity contribution >= 4 is 33.0 Å². The Kier molecular flexibility index (Phi) is 3.94. The molecule has 1 atom stereocenters. The van der Waals surface area contributed by atoms with Crippen LogP contribution in [0.5, 0.6) is 0 Å². The van der Waals surface area contributed by atoms with E-state index in [1.54, 1.807) is 7.05 Å². The van der Waals surface area contributed by atoms with Crippen molar-refractivity contribution in [3.63, 3.8) is 0 Å². The minimum Gasteiger partial charge on any atom is -0.211 e. The van der Waals surface area contributed by atoms with E-state index < -0.39 is 10.0 Å². The molecular weight excluding hydrogens is 242 g/mol. The normalized spacial score (nSPS) is 14.6. The number of nitrogens with zero attached hydrogens (tertiary/aromatic N) is 1. The fraction of sp³-hybridized carbons (Fsp3) is 0.500. The van der Waals surface area contributed by atoms with Crippen LogP contribution >= 0.6 is 22.9 Å². The minimum atomic E-state index is -3.32. The average Bonchev–Trinajstić information content (AvgIpc) is 2.68. The van der Waals surface area contributed by atoms with E-state index in [1.807, 2.05) is 24.4 Å². The van der Waals surface area contributed by atoms with Gasteiger partial charge in [-0.05, 0) is 18.4 Å². The number of halogens is 1. The fourth-order valence-electron chi connectivity index (χ4n) is 1.03. The van der Waals surface area contributed by atoms with E-state index >= 15 is 0 Å². The summed E-state index contributed by atoms with van der Waals surface area (Å²) in [6.45, 7) is 1.84. The zero-order chi connectivity index (χ0) is 10.8. The highest BCUT2D eigenvalue weighted by Crippen LogP contribution is 2.25. The molecule has 0 fully saturated rings. The first-order valence-corrected chi connectivity index (χ1v) is 7.06. The van der Waals surface area contributed by atoms with Crippen LogP contribution in [0, 0.1) is 0 Å². The summed E-state index contributed by atoms with van der Waals surface area (Å²) in [6, 6.07) is 3.66. The summed E-state index contributed by atoms with van der Waals surface area (Å²) >= 11 is 6.90. The Labute approximate surface area is 93.4 Å². The second-order valence-corrected chi connectivity index (χ2v) is 6.52. The lowest BCUT2D eigenvalue weighted by molar-refractivity contribution is 0.405. The van der Waals surface area contributed by atoms with E-state index in [0.717, 1.165) is 4.88 Å². The van der Waals surface area contributed by atoms with Gasteiger partial charge in [-0.3, -0.25) is 0 Å². The molecule has 0 N–H and O–H groups in total. The van der Waals surface area contributed by atoms with Crippen LogP contribution in [0.15, 0.2) is 17.5 Å². The highest BCUT2D eigenvalue weighted by Gasteiger charge is 2.23. The molecule has 1 aromatic rings. The zero-order valence-corrected chi connectivity index (χ0v) is 10.4. The average molecular weight is 254 g/mol. The minimum absolute atomic E-state index is 0.154. The van der Waals surface area contributed by atoms with E-state index in [-0.39, 0.29) is 11.3 Å². The largest absolute Gasteiger partial charge is 0.228 e. The van der Waals surface area contributed by atoms with Crippen LogP contribution in [-0.4, -0.2) is 25.0 Å². The van der Waals surface area contributed by atoms with E-state index in [2.05, 4.69) is 0 Å². The molecule has 0 spiro atoms. The van der Waals surface area contributed by atoms with Crippen LogP contribution < -0.4 is 0 Å². The standard InChI is InChI=1S/C8H12ClNO2S2/c1-7(8-4-3-5-13-8)10(2)14(11,12)6-9/h3-5,7H,6H2,1-2H3. The topological polar surface area (TPSA) is 37.4 Å².